The number of para-hydroxylation sites is 1. The van der Waals surface area contributed by atoms with Gasteiger partial charge in [-0.1, -0.05) is 71.9 Å². The zero-order valence-corrected chi connectivity index (χ0v) is 26.6. The van der Waals surface area contributed by atoms with Crippen molar-refractivity contribution in [3.63, 3.8) is 0 Å². The van der Waals surface area contributed by atoms with E-state index in [9.17, 15) is 0 Å². The lowest BCUT2D eigenvalue weighted by Gasteiger charge is -2.26. The Labute approximate surface area is 264 Å². The first-order chi connectivity index (χ1) is 21.5. The third kappa shape index (κ3) is 5.48. The van der Waals surface area contributed by atoms with E-state index in [2.05, 4.69) is 117 Å². The second kappa shape index (κ2) is 10.7. The van der Waals surface area contributed by atoms with E-state index in [1.54, 1.807) is 6.20 Å². The Kier molecular flexibility index (Phi) is 6.81. The van der Waals surface area contributed by atoms with E-state index in [-0.39, 0.29) is 10.8 Å². The monoisotopic (exact) mass is 591 g/mol. The molecule has 3 aromatic carbocycles. The largest absolute Gasteiger partial charge is 0.456 e. The van der Waals surface area contributed by atoms with Crippen molar-refractivity contribution in [1.29, 1.82) is 0 Å². The molecule has 6 heteroatoms. The van der Waals surface area contributed by atoms with Crippen LogP contribution in [0, 0.1) is 6.33 Å². The molecule has 0 aliphatic heterocycles. The molecule has 0 atom stereocenters. The topological polar surface area (TPSA) is 48.8 Å². The molecule has 0 spiro atoms. The summed E-state index contributed by atoms with van der Waals surface area (Å²) < 4.78 is 12.6. The lowest BCUT2D eigenvalue weighted by molar-refractivity contribution is -0.599. The van der Waals surface area contributed by atoms with E-state index < -0.39 is 0 Å². The second-order valence-corrected chi connectivity index (χ2v) is 13.6. The Bertz CT molecular complexity index is 2130. The summed E-state index contributed by atoms with van der Waals surface area (Å²) in [7, 11) is 0. The minimum absolute atomic E-state index is 0.0315. The van der Waals surface area contributed by atoms with Gasteiger partial charge < -0.3 is 4.74 Å². The van der Waals surface area contributed by atoms with Crippen LogP contribution in [0.5, 0.6) is 11.5 Å². The molecule has 0 N–H and O–H groups in total. The number of ether oxygens (including phenoxy) is 1. The molecule has 6 nitrogen and oxygen atoms in total. The van der Waals surface area contributed by atoms with Crippen molar-refractivity contribution in [3.05, 3.63) is 133 Å². The highest BCUT2D eigenvalue weighted by Crippen LogP contribution is 2.35. The van der Waals surface area contributed by atoms with Gasteiger partial charge in [0, 0.05) is 41.6 Å². The lowest BCUT2D eigenvalue weighted by Crippen LogP contribution is -2.30. The molecule has 0 radical (unpaired) electrons. The van der Waals surface area contributed by atoms with Gasteiger partial charge in [-0.05, 0) is 70.5 Å². The number of hydrogen-bond acceptors (Lipinski definition) is 3. The van der Waals surface area contributed by atoms with Crippen LogP contribution in [0.25, 0.3) is 39.0 Å². The normalized spacial score (nSPS) is 12.2. The molecule has 0 saturated heterocycles. The summed E-state index contributed by atoms with van der Waals surface area (Å²) >= 11 is 0. The first-order valence-electron chi connectivity index (χ1n) is 15.3. The number of hydrogen-bond donors (Lipinski definition) is 0. The molecule has 0 aliphatic rings. The van der Waals surface area contributed by atoms with Gasteiger partial charge in [-0.25, -0.2) is 4.98 Å². The quantitative estimate of drug-likeness (QED) is 0.148. The summed E-state index contributed by atoms with van der Waals surface area (Å²) in [6, 6.07) is 29.4. The number of fused-ring (bicyclic) bond motifs is 3. The van der Waals surface area contributed by atoms with E-state index in [0.29, 0.717) is 5.75 Å². The third-order valence-electron chi connectivity index (χ3n) is 8.24. The van der Waals surface area contributed by atoms with Crippen LogP contribution in [0.4, 0.5) is 0 Å². The van der Waals surface area contributed by atoms with Gasteiger partial charge >= 0.3 is 0 Å². The standard InChI is InChI=1S/C39H37N5O/c1-38(2,3)27-19-28(39(4,5)6)21-29(20-27)42-17-18-43(26-42)30-22-32(25-40-24-30)45-31-14-15-34-33-11-7-8-12-35(33)44(36(34)23-31)37-13-9-10-16-41-37/h7-25H,1-6H3. The summed E-state index contributed by atoms with van der Waals surface area (Å²) in [6.07, 6.45) is 12.9. The van der Waals surface area contributed by atoms with Crippen molar-refractivity contribution in [2.45, 2.75) is 52.4 Å². The van der Waals surface area contributed by atoms with Crippen LogP contribution in [0.15, 0.2) is 116 Å². The zero-order valence-electron chi connectivity index (χ0n) is 26.6. The second-order valence-electron chi connectivity index (χ2n) is 13.6. The SMILES string of the molecule is CC(C)(C)c1cc(-[n+]2[c-]n(-c3cncc(Oc4ccc5c6ccccc6n(-c6ccccn6)c5c4)c3)cc2)cc(C(C)(C)C)c1. The molecular formula is C39H37N5O. The maximum Gasteiger partial charge on any atom is 0.268 e. The maximum absolute atomic E-state index is 6.40. The minimum Gasteiger partial charge on any atom is -0.456 e. The predicted octanol–water partition coefficient (Wildman–Crippen LogP) is 8.83. The van der Waals surface area contributed by atoms with Gasteiger partial charge in [0.05, 0.1) is 28.6 Å². The Morgan fingerprint density at radius 2 is 1.44 bits per heavy atom. The summed E-state index contributed by atoms with van der Waals surface area (Å²) in [5.74, 6) is 2.23. The summed E-state index contributed by atoms with van der Waals surface area (Å²) in [5, 5.41) is 2.32. The fraction of sp³-hybridized carbons (Fsp3) is 0.205. The van der Waals surface area contributed by atoms with Crippen LogP contribution >= 0.6 is 0 Å². The molecule has 224 valence electrons. The smallest absolute Gasteiger partial charge is 0.268 e. The Morgan fingerprint density at radius 1 is 0.711 bits per heavy atom. The van der Waals surface area contributed by atoms with Crippen molar-refractivity contribution >= 4 is 21.8 Å². The zero-order chi connectivity index (χ0) is 31.3. The first-order valence-corrected chi connectivity index (χ1v) is 15.3. The molecule has 4 heterocycles. The van der Waals surface area contributed by atoms with Gasteiger partial charge in [-0.3, -0.25) is 18.7 Å². The van der Waals surface area contributed by atoms with Crippen LogP contribution in [-0.4, -0.2) is 19.1 Å². The van der Waals surface area contributed by atoms with Crippen molar-refractivity contribution in [3.8, 4) is 28.7 Å². The molecule has 0 unspecified atom stereocenters. The van der Waals surface area contributed by atoms with E-state index >= 15 is 0 Å². The van der Waals surface area contributed by atoms with Gasteiger partial charge in [0.15, 0.2) is 0 Å². The molecule has 7 rings (SSSR count). The lowest BCUT2D eigenvalue weighted by atomic mass is 9.80. The van der Waals surface area contributed by atoms with Crippen molar-refractivity contribution < 1.29 is 9.30 Å². The Hall–Kier alpha value is -5.23. The minimum atomic E-state index is 0.0315. The van der Waals surface area contributed by atoms with Crippen LogP contribution < -0.4 is 9.30 Å². The van der Waals surface area contributed by atoms with Crippen LogP contribution in [0.3, 0.4) is 0 Å². The van der Waals surface area contributed by atoms with Crippen molar-refractivity contribution in [2.75, 3.05) is 0 Å². The van der Waals surface area contributed by atoms with Crippen LogP contribution in [0.2, 0.25) is 0 Å². The average Bonchev–Trinajstić information content (AvgIpc) is 3.64. The molecule has 4 aromatic heterocycles. The fourth-order valence-electron chi connectivity index (χ4n) is 5.70. The van der Waals surface area contributed by atoms with Gasteiger partial charge in [-0.2, -0.15) is 0 Å². The number of nitrogens with zero attached hydrogens (tertiary/aromatic N) is 5. The highest BCUT2D eigenvalue weighted by Gasteiger charge is 2.21. The predicted molar refractivity (Wildman–Crippen MR) is 180 cm³/mol. The fourth-order valence-corrected chi connectivity index (χ4v) is 5.70. The number of rotatable bonds is 5. The highest BCUT2D eigenvalue weighted by molar-refractivity contribution is 6.09. The molecule has 0 saturated carbocycles. The highest BCUT2D eigenvalue weighted by atomic mass is 16.5. The summed E-state index contributed by atoms with van der Waals surface area (Å²) in [4.78, 5) is 9.15. The van der Waals surface area contributed by atoms with Crippen LogP contribution in [-0.2, 0) is 10.8 Å². The van der Waals surface area contributed by atoms with Crippen molar-refractivity contribution in [1.82, 2.24) is 19.1 Å². The molecule has 45 heavy (non-hydrogen) atoms. The Balaban J connectivity index is 1.22. The van der Waals surface area contributed by atoms with Gasteiger partial charge in [0.1, 0.15) is 17.3 Å². The number of imidazole rings is 1. The van der Waals surface area contributed by atoms with E-state index in [0.717, 1.165) is 39.4 Å². The average molecular weight is 592 g/mol. The maximum atomic E-state index is 6.40. The van der Waals surface area contributed by atoms with E-state index in [1.165, 1.54) is 16.5 Å². The molecule has 0 amide bonds. The number of aromatic nitrogens is 5. The number of pyridine rings is 2. The van der Waals surface area contributed by atoms with Crippen LogP contribution in [0.1, 0.15) is 52.7 Å². The molecule has 0 bridgehead atoms. The molecular weight excluding hydrogens is 554 g/mol. The van der Waals surface area contributed by atoms with Gasteiger partial charge in [-0.15, -0.1) is 0 Å². The number of benzene rings is 3. The third-order valence-corrected chi connectivity index (χ3v) is 8.24. The Morgan fingerprint density at radius 3 is 2.18 bits per heavy atom. The van der Waals surface area contributed by atoms with Crippen molar-refractivity contribution in [2.24, 2.45) is 0 Å². The molecule has 0 aliphatic carbocycles. The van der Waals surface area contributed by atoms with Gasteiger partial charge in [0.25, 0.3) is 6.33 Å². The van der Waals surface area contributed by atoms with Gasteiger partial charge in [0.2, 0.25) is 0 Å². The van der Waals surface area contributed by atoms with E-state index in [1.807, 2.05) is 64.3 Å². The summed E-state index contributed by atoms with van der Waals surface area (Å²) in [6.45, 7) is 13.5. The molecule has 0 fully saturated rings. The first kappa shape index (κ1) is 28.5. The summed E-state index contributed by atoms with van der Waals surface area (Å²) in [5.41, 5.74) is 6.74. The van der Waals surface area contributed by atoms with E-state index in [4.69, 9.17) is 4.74 Å². The molecule has 7 aromatic rings.